The number of hydrogen-bond acceptors (Lipinski definition) is 6. The van der Waals surface area contributed by atoms with Crippen molar-refractivity contribution in [2.24, 2.45) is 10.3 Å². The first-order valence-electron chi connectivity index (χ1n) is 7.20. The summed E-state index contributed by atoms with van der Waals surface area (Å²) in [5, 5.41) is 14.7. The van der Waals surface area contributed by atoms with Gasteiger partial charge in [-0.05, 0) is 40.5 Å². The topological polar surface area (TPSA) is 145 Å². The van der Waals surface area contributed by atoms with Crippen molar-refractivity contribution in [3.05, 3.63) is 80.1 Å². The van der Waals surface area contributed by atoms with Crippen molar-refractivity contribution in [3.63, 3.8) is 0 Å². The molecule has 1 amide bonds. The number of amides is 1. The minimum atomic E-state index is -1.31. The zero-order valence-corrected chi connectivity index (χ0v) is 13.5. The first kappa shape index (κ1) is 18.3. The quantitative estimate of drug-likeness (QED) is 0.256. The van der Waals surface area contributed by atoms with E-state index in [1.54, 1.807) is 0 Å². The highest BCUT2D eigenvalue weighted by molar-refractivity contribution is 6.03. The first-order chi connectivity index (χ1) is 12.5. The second-order valence-electron chi connectivity index (χ2n) is 5.02. The Morgan fingerprint density at radius 1 is 1.23 bits per heavy atom. The maximum atomic E-state index is 12.6. The van der Waals surface area contributed by atoms with Crippen LogP contribution in [0.15, 0.2) is 52.8 Å². The summed E-state index contributed by atoms with van der Waals surface area (Å²) in [6, 6.07) is 10.4. The lowest BCUT2D eigenvalue weighted by molar-refractivity contribution is 0.0957. The van der Waals surface area contributed by atoms with E-state index in [-0.39, 0.29) is 16.9 Å². The van der Waals surface area contributed by atoms with Crippen molar-refractivity contribution in [1.82, 2.24) is 0 Å². The van der Waals surface area contributed by atoms with Gasteiger partial charge in [0.2, 0.25) is 0 Å². The average Bonchev–Trinajstić information content (AvgIpc) is 2.68. The van der Waals surface area contributed by atoms with Gasteiger partial charge in [0, 0.05) is 10.5 Å². The highest BCUT2D eigenvalue weighted by atomic mass is 16.5. The van der Waals surface area contributed by atoms with E-state index in [0.29, 0.717) is 11.1 Å². The fourth-order valence-electron chi connectivity index (χ4n) is 2.27. The van der Waals surface area contributed by atoms with E-state index in [1.807, 2.05) is 6.07 Å². The van der Waals surface area contributed by atoms with Crippen LogP contribution in [0.1, 0.15) is 37.9 Å². The molecular formula is C17H11N5O4. The molecule has 1 atom stereocenters. The van der Waals surface area contributed by atoms with Crippen LogP contribution in [0.4, 0.5) is 0 Å². The van der Waals surface area contributed by atoms with Crippen molar-refractivity contribution < 1.29 is 14.3 Å². The maximum absolute atomic E-state index is 12.6. The number of rotatable bonds is 6. The molecule has 0 heterocycles. The molecule has 0 aliphatic carbocycles. The molecule has 2 rings (SSSR count). The van der Waals surface area contributed by atoms with Crippen LogP contribution in [0, 0.1) is 16.2 Å². The van der Waals surface area contributed by atoms with E-state index in [2.05, 4.69) is 15.2 Å². The molecule has 26 heavy (non-hydrogen) atoms. The van der Waals surface area contributed by atoms with Gasteiger partial charge in [-0.3, -0.25) is 9.59 Å². The lowest BCUT2D eigenvalue weighted by Gasteiger charge is -2.11. The minimum Gasteiger partial charge on any atom is -0.496 e. The Morgan fingerprint density at radius 3 is 2.46 bits per heavy atom. The summed E-state index contributed by atoms with van der Waals surface area (Å²) in [6.45, 7) is 0. The normalized spacial score (nSPS) is 10.8. The van der Waals surface area contributed by atoms with Gasteiger partial charge in [0.1, 0.15) is 5.75 Å². The SMILES string of the molecule is COc1cc(C(=O)C(N=O)c2ccc(C#N)cc2)ccc1C(=O)N=[N+]=[N-]. The largest absolute Gasteiger partial charge is 0.496 e. The molecule has 0 radical (unpaired) electrons. The average molecular weight is 349 g/mol. The number of nitrogens with zero attached hydrogens (tertiary/aromatic N) is 5. The molecule has 9 heteroatoms. The predicted molar refractivity (Wildman–Crippen MR) is 90.5 cm³/mol. The fraction of sp³-hybridized carbons (Fsp3) is 0.118. The number of methoxy groups -OCH3 is 1. The third kappa shape index (κ3) is 3.72. The number of benzene rings is 2. The van der Waals surface area contributed by atoms with Crippen LogP contribution in [0.2, 0.25) is 0 Å². The van der Waals surface area contributed by atoms with Crippen molar-refractivity contribution >= 4 is 11.7 Å². The Labute approximate surface area is 147 Å². The van der Waals surface area contributed by atoms with Gasteiger partial charge >= 0.3 is 0 Å². The molecule has 0 N–H and O–H groups in total. The molecule has 2 aromatic carbocycles. The van der Waals surface area contributed by atoms with Gasteiger partial charge < -0.3 is 4.74 Å². The molecule has 9 nitrogen and oxygen atoms in total. The fourth-order valence-corrected chi connectivity index (χ4v) is 2.27. The van der Waals surface area contributed by atoms with Crippen LogP contribution in [0.5, 0.6) is 5.75 Å². The van der Waals surface area contributed by atoms with Gasteiger partial charge in [-0.25, -0.2) is 0 Å². The Balaban J connectivity index is 2.40. The number of ketones is 1. The molecule has 0 aromatic heterocycles. The minimum absolute atomic E-state index is 0.0177. The van der Waals surface area contributed by atoms with Gasteiger partial charge in [-0.15, -0.1) is 4.91 Å². The van der Waals surface area contributed by atoms with E-state index >= 15 is 0 Å². The lowest BCUT2D eigenvalue weighted by Crippen LogP contribution is -2.11. The maximum Gasteiger partial charge on any atom is 0.252 e. The number of azide groups is 1. The molecule has 128 valence electrons. The van der Waals surface area contributed by atoms with E-state index in [9.17, 15) is 14.5 Å². The second-order valence-corrected chi connectivity index (χ2v) is 5.02. The van der Waals surface area contributed by atoms with Gasteiger partial charge in [0.15, 0.2) is 11.8 Å². The van der Waals surface area contributed by atoms with Crippen molar-refractivity contribution in [3.8, 4) is 11.8 Å². The summed E-state index contributed by atoms with van der Waals surface area (Å²) in [4.78, 5) is 37.9. The molecule has 0 saturated heterocycles. The zero-order valence-electron chi connectivity index (χ0n) is 13.5. The van der Waals surface area contributed by atoms with Crippen LogP contribution in [0.25, 0.3) is 10.4 Å². The van der Waals surface area contributed by atoms with Crippen LogP contribution in [0.3, 0.4) is 0 Å². The van der Waals surface area contributed by atoms with Gasteiger partial charge in [-0.1, -0.05) is 23.4 Å². The van der Waals surface area contributed by atoms with E-state index < -0.39 is 17.7 Å². The summed E-state index contributed by atoms with van der Waals surface area (Å²) in [5.74, 6) is -1.44. The highest BCUT2D eigenvalue weighted by Crippen LogP contribution is 2.27. The molecule has 1 unspecified atom stereocenters. The summed E-state index contributed by atoms with van der Waals surface area (Å²) in [5.41, 5.74) is 9.13. The first-order valence-corrected chi connectivity index (χ1v) is 7.20. The Hall–Kier alpha value is -4.02. The second kappa shape index (κ2) is 8.19. The van der Waals surface area contributed by atoms with Crippen LogP contribution < -0.4 is 4.74 Å². The smallest absolute Gasteiger partial charge is 0.252 e. The summed E-state index contributed by atoms with van der Waals surface area (Å²) < 4.78 is 5.05. The summed E-state index contributed by atoms with van der Waals surface area (Å²) in [7, 11) is 1.28. The van der Waals surface area contributed by atoms with E-state index in [0.717, 1.165) is 0 Å². The van der Waals surface area contributed by atoms with Crippen LogP contribution in [-0.2, 0) is 0 Å². The number of Topliss-reactive ketones (excluding diaryl/α,β-unsaturated/α-hetero) is 1. The Kier molecular flexibility index (Phi) is 5.77. The van der Waals surface area contributed by atoms with Gasteiger partial charge in [0.25, 0.3) is 5.91 Å². The summed E-state index contributed by atoms with van der Waals surface area (Å²) >= 11 is 0. The number of nitroso groups, excluding NO2 is 1. The van der Waals surface area contributed by atoms with E-state index in [4.69, 9.17) is 15.5 Å². The number of hydrogen-bond donors (Lipinski definition) is 0. The Bertz CT molecular complexity index is 956. The molecule has 0 aliphatic heterocycles. The summed E-state index contributed by atoms with van der Waals surface area (Å²) in [6.07, 6.45) is 0. The third-order valence-corrected chi connectivity index (χ3v) is 3.56. The highest BCUT2D eigenvalue weighted by Gasteiger charge is 2.24. The van der Waals surface area contributed by atoms with Crippen LogP contribution >= 0.6 is 0 Å². The third-order valence-electron chi connectivity index (χ3n) is 3.56. The van der Waals surface area contributed by atoms with Crippen molar-refractivity contribution in [2.75, 3.05) is 7.11 Å². The van der Waals surface area contributed by atoms with Crippen molar-refractivity contribution in [2.45, 2.75) is 6.04 Å². The monoisotopic (exact) mass is 349 g/mol. The predicted octanol–water partition coefficient (Wildman–Crippen LogP) is 3.71. The standard InChI is InChI=1S/C17H11N5O4/c1-26-14-8-12(6-7-13(14)17(24)20-22-19)16(23)15(21-25)11-4-2-10(9-18)3-5-11/h2-8,15H,1H3. The number of carbonyl (C=O) groups is 2. The lowest BCUT2D eigenvalue weighted by atomic mass is 9.96. The van der Waals surface area contributed by atoms with Crippen LogP contribution in [-0.4, -0.2) is 18.8 Å². The van der Waals surface area contributed by atoms with Gasteiger partial charge in [0.05, 0.1) is 24.3 Å². The van der Waals surface area contributed by atoms with Crippen molar-refractivity contribution in [1.29, 1.82) is 5.26 Å². The number of nitriles is 1. The molecule has 0 aliphatic rings. The molecule has 0 spiro atoms. The zero-order chi connectivity index (χ0) is 19.1. The molecule has 0 fully saturated rings. The molecule has 0 bridgehead atoms. The van der Waals surface area contributed by atoms with Gasteiger partial charge in [-0.2, -0.15) is 5.26 Å². The Morgan fingerprint density at radius 2 is 1.92 bits per heavy atom. The molecular weight excluding hydrogens is 338 g/mol. The van der Waals surface area contributed by atoms with E-state index in [1.165, 1.54) is 49.6 Å². The number of ether oxygens (including phenoxy) is 1. The molecule has 2 aromatic rings. The number of carbonyl (C=O) groups excluding carboxylic acids is 2. The molecule has 0 saturated carbocycles.